The SMILES string of the molecule is c1ccc(N(c2ccccc2-c2cccc3oc4ccccc4c23)c2cccc3ccccc23)c(-c2cccc3cccc(C4CCCCC4)c23)c1. The second kappa shape index (κ2) is 12.9. The highest BCUT2D eigenvalue weighted by Crippen LogP contribution is 2.50. The van der Waals surface area contributed by atoms with Crippen molar-refractivity contribution in [2.75, 3.05) is 4.90 Å². The van der Waals surface area contributed by atoms with Gasteiger partial charge < -0.3 is 9.32 Å². The molecule has 0 amide bonds. The predicted molar refractivity (Wildman–Crippen MR) is 220 cm³/mol. The molecule has 0 atom stereocenters. The average Bonchev–Trinajstić information content (AvgIpc) is 3.61. The van der Waals surface area contributed by atoms with Crippen molar-refractivity contribution >= 4 is 60.5 Å². The zero-order valence-electron chi connectivity index (χ0n) is 29.1. The maximum absolute atomic E-state index is 6.41. The minimum absolute atomic E-state index is 0.589. The molecule has 1 fully saturated rings. The van der Waals surface area contributed by atoms with Crippen LogP contribution >= 0.6 is 0 Å². The van der Waals surface area contributed by atoms with Gasteiger partial charge in [-0.05, 0) is 81.9 Å². The lowest BCUT2D eigenvalue weighted by atomic mass is 9.80. The van der Waals surface area contributed by atoms with Gasteiger partial charge in [0, 0.05) is 27.3 Å². The van der Waals surface area contributed by atoms with E-state index in [1.54, 1.807) is 0 Å². The van der Waals surface area contributed by atoms with Crippen LogP contribution in [0.25, 0.3) is 65.7 Å². The van der Waals surface area contributed by atoms with Crippen molar-refractivity contribution in [3.8, 4) is 22.3 Å². The van der Waals surface area contributed by atoms with E-state index in [2.05, 4.69) is 169 Å². The first-order valence-corrected chi connectivity index (χ1v) is 18.7. The van der Waals surface area contributed by atoms with E-state index in [1.807, 2.05) is 6.07 Å². The molecule has 2 nitrogen and oxygen atoms in total. The first-order chi connectivity index (χ1) is 25.8. The highest BCUT2D eigenvalue weighted by molar-refractivity contribution is 6.15. The van der Waals surface area contributed by atoms with Gasteiger partial charge >= 0.3 is 0 Å². The summed E-state index contributed by atoms with van der Waals surface area (Å²) in [6.07, 6.45) is 6.49. The van der Waals surface area contributed by atoms with Crippen LogP contribution in [0.2, 0.25) is 0 Å². The molecule has 0 saturated heterocycles. The fourth-order valence-corrected chi connectivity index (χ4v) is 8.93. The number of rotatable bonds is 6. The van der Waals surface area contributed by atoms with E-state index in [4.69, 9.17) is 4.42 Å². The summed E-state index contributed by atoms with van der Waals surface area (Å²) < 4.78 is 6.41. The number of furan rings is 1. The highest BCUT2D eigenvalue weighted by Gasteiger charge is 2.25. The van der Waals surface area contributed by atoms with Gasteiger partial charge in [-0.15, -0.1) is 0 Å². The van der Waals surface area contributed by atoms with Gasteiger partial charge in [-0.3, -0.25) is 0 Å². The molecule has 10 rings (SSSR count). The topological polar surface area (TPSA) is 16.4 Å². The summed E-state index contributed by atoms with van der Waals surface area (Å²) in [5, 5.41) is 7.40. The van der Waals surface area contributed by atoms with Crippen LogP contribution in [0.4, 0.5) is 17.1 Å². The first-order valence-electron chi connectivity index (χ1n) is 18.7. The van der Waals surface area contributed by atoms with E-state index < -0.39 is 0 Å². The van der Waals surface area contributed by atoms with Crippen molar-refractivity contribution in [1.29, 1.82) is 0 Å². The summed E-state index contributed by atoms with van der Waals surface area (Å²) in [6.45, 7) is 0. The van der Waals surface area contributed by atoms with E-state index in [-0.39, 0.29) is 0 Å². The molecular weight excluding hydrogens is 631 g/mol. The third-order valence-corrected chi connectivity index (χ3v) is 11.3. The van der Waals surface area contributed by atoms with Gasteiger partial charge in [0.05, 0.1) is 17.1 Å². The van der Waals surface area contributed by atoms with E-state index in [9.17, 15) is 0 Å². The summed E-state index contributed by atoms with van der Waals surface area (Å²) in [7, 11) is 0. The number of hydrogen-bond donors (Lipinski definition) is 0. The molecule has 0 N–H and O–H groups in total. The molecule has 1 saturated carbocycles. The Bertz CT molecular complexity index is 2740. The highest BCUT2D eigenvalue weighted by atomic mass is 16.3. The molecule has 52 heavy (non-hydrogen) atoms. The number of fused-ring (bicyclic) bond motifs is 5. The smallest absolute Gasteiger partial charge is 0.136 e. The molecule has 1 heterocycles. The van der Waals surface area contributed by atoms with Crippen LogP contribution in [0.5, 0.6) is 0 Å². The lowest BCUT2D eigenvalue weighted by molar-refractivity contribution is 0.445. The van der Waals surface area contributed by atoms with E-state index in [1.165, 1.54) is 70.3 Å². The fourth-order valence-electron chi connectivity index (χ4n) is 8.93. The minimum Gasteiger partial charge on any atom is -0.456 e. The van der Waals surface area contributed by atoms with Crippen LogP contribution in [0, 0.1) is 0 Å². The second-order valence-electron chi connectivity index (χ2n) is 14.2. The van der Waals surface area contributed by atoms with Gasteiger partial charge in [0.25, 0.3) is 0 Å². The van der Waals surface area contributed by atoms with Gasteiger partial charge in [-0.25, -0.2) is 0 Å². The predicted octanol–water partition coefficient (Wildman–Crippen LogP) is 14.7. The Balaban J connectivity index is 1.27. The Hall–Kier alpha value is -6.12. The normalized spacial score (nSPS) is 13.7. The van der Waals surface area contributed by atoms with E-state index in [0.717, 1.165) is 50.1 Å². The molecule has 8 aromatic carbocycles. The molecule has 2 heteroatoms. The van der Waals surface area contributed by atoms with Crippen LogP contribution in [-0.2, 0) is 0 Å². The van der Waals surface area contributed by atoms with Crippen molar-refractivity contribution in [3.05, 3.63) is 175 Å². The zero-order chi connectivity index (χ0) is 34.4. The Morgan fingerprint density at radius 1 is 0.385 bits per heavy atom. The van der Waals surface area contributed by atoms with Crippen molar-refractivity contribution in [1.82, 2.24) is 0 Å². The van der Waals surface area contributed by atoms with Gasteiger partial charge in [0.15, 0.2) is 0 Å². The summed E-state index contributed by atoms with van der Waals surface area (Å²) in [6, 6.07) is 62.0. The zero-order valence-corrected chi connectivity index (χ0v) is 29.1. The number of para-hydroxylation sites is 3. The fraction of sp³-hybridized carbons (Fsp3) is 0.120. The Morgan fingerprint density at radius 2 is 0.904 bits per heavy atom. The van der Waals surface area contributed by atoms with Gasteiger partial charge in [-0.1, -0.05) is 159 Å². The number of hydrogen-bond acceptors (Lipinski definition) is 2. The first kappa shape index (κ1) is 30.7. The average molecular weight is 670 g/mol. The molecule has 250 valence electrons. The quantitative estimate of drug-likeness (QED) is 0.175. The Kier molecular flexibility index (Phi) is 7.61. The summed E-state index contributed by atoms with van der Waals surface area (Å²) in [4.78, 5) is 2.51. The third-order valence-electron chi connectivity index (χ3n) is 11.3. The maximum Gasteiger partial charge on any atom is 0.136 e. The van der Waals surface area contributed by atoms with Crippen LogP contribution in [0.15, 0.2) is 174 Å². The third kappa shape index (κ3) is 5.09. The largest absolute Gasteiger partial charge is 0.456 e. The molecule has 1 aromatic heterocycles. The van der Waals surface area contributed by atoms with Crippen molar-refractivity contribution in [2.45, 2.75) is 38.0 Å². The van der Waals surface area contributed by atoms with Crippen LogP contribution in [0.3, 0.4) is 0 Å². The van der Waals surface area contributed by atoms with Gasteiger partial charge in [0.2, 0.25) is 0 Å². The van der Waals surface area contributed by atoms with E-state index in [0.29, 0.717) is 5.92 Å². The van der Waals surface area contributed by atoms with Crippen molar-refractivity contribution < 1.29 is 4.42 Å². The molecular formula is C50H39NO. The standard InChI is InChI=1S/C50H39NO/c1-2-16-35(17-3-1)38-26-12-20-36-21-13-27-41(49(36)38)39-23-6-9-29-45(39)51(44-31-14-19-34-18-4-5-22-37(34)44)46-30-10-7-24-40(46)42-28-15-33-48-50(42)43-25-8-11-32-47(43)52-48/h4-15,18-33,35H,1-3,16-17H2. The molecule has 0 radical (unpaired) electrons. The lowest BCUT2D eigenvalue weighted by Gasteiger charge is -2.31. The second-order valence-corrected chi connectivity index (χ2v) is 14.2. The number of anilines is 3. The van der Waals surface area contributed by atoms with Crippen LogP contribution in [-0.4, -0.2) is 0 Å². The maximum atomic E-state index is 6.41. The lowest BCUT2D eigenvalue weighted by Crippen LogP contribution is -2.13. The van der Waals surface area contributed by atoms with Crippen molar-refractivity contribution in [3.63, 3.8) is 0 Å². The Morgan fingerprint density at radius 3 is 1.69 bits per heavy atom. The molecule has 0 spiro atoms. The van der Waals surface area contributed by atoms with E-state index >= 15 is 0 Å². The summed E-state index contributed by atoms with van der Waals surface area (Å²) >= 11 is 0. The molecule has 0 aliphatic heterocycles. The number of nitrogens with zero attached hydrogens (tertiary/aromatic N) is 1. The molecule has 0 unspecified atom stereocenters. The van der Waals surface area contributed by atoms with Gasteiger partial charge in [-0.2, -0.15) is 0 Å². The molecule has 9 aromatic rings. The molecule has 1 aliphatic carbocycles. The van der Waals surface area contributed by atoms with Crippen LogP contribution < -0.4 is 4.90 Å². The monoisotopic (exact) mass is 669 g/mol. The van der Waals surface area contributed by atoms with Gasteiger partial charge in [0.1, 0.15) is 11.2 Å². The Labute approximate surface area is 304 Å². The van der Waals surface area contributed by atoms with Crippen LogP contribution in [0.1, 0.15) is 43.6 Å². The molecule has 0 bridgehead atoms. The minimum atomic E-state index is 0.589. The van der Waals surface area contributed by atoms with Crippen molar-refractivity contribution in [2.24, 2.45) is 0 Å². The summed E-state index contributed by atoms with van der Waals surface area (Å²) in [5.74, 6) is 0.589. The number of benzene rings is 8. The summed E-state index contributed by atoms with van der Waals surface area (Å²) in [5.41, 5.74) is 11.6. The molecule has 1 aliphatic rings.